The maximum absolute atomic E-state index is 13.4. The number of rotatable bonds is 6. The van der Waals surface area contributed by atoms with Crippen LogP contribution in [0.1, 0.15) is 45.6 Å². The lowest BCUT2D eigenvalue weighted by Crippen LogP contribution is -2.49. The lowest BCUT2D eigenvalue weighted by molar-refractivity contribution is -0.139. The van der Waals surface area contributed by atoms with Crippen LogP contribution < -0.4 is 0 Å². The predicted molar refractivity (Wildman–Crippen MR) is 152 cm³/mol. The van der Waals surface area contributed by atoms with Crippen LogP contribution in [0.15, 0.2) is 83.8 Å². The SMILES string of the molecule is C[C@@H](c1ccccc1)N1CCN(C(=O)c2ccc(/C=C3\SC(=O)N(Cc4ccccc4C(F)(F)F)C3=O)cc2)CC1. The van der Waals surface area contributed by atoms with E-state index in [1.165, 1.54) is 29.8 Å². The van der Waals surface area contributed by atoms with Crippen molar-refractivity contribution in [2.24, 2.45) is 0 Å². The van der Waals surface area contributed by atoms with Crippen molar-refractivity contribution in [3.63, 3.8) is 0 Å². The number of carbonyl (C=O) groups is 3. The minimum Gasteiger partial charge on any atom is -0.336 e. The van der Waals surface area contributed by atoms with Gasteiger partial charge in [-0.05, 0) is 59.7 Å². The average molecular weight is 580 g/mol. The zero-order chi connectivity index (χ0) is 29.1. The van der Waals surface area contributed by atoms with Gasteiger partial charge in [-0.15, -0.1) is 0 Å². The van der Waals surface area contributed by atoms with E-state index >= 15 is 0 Å². The Labute approximate surface area is 240 Å². The quantitative estimate of drug-likeness (QED) is 0.314. The first-order valence-corrected chi connectivity index (χ1v) is 14.0. The second kappa shape index (κ2) is 11.9. The van der Waals surface area contributed by atoms with Gasteiger partial charge in [0.25, 0.3) is 17.1 Å². The molecular weight excluding hydrogens is 551 g/mol. The van der Waals surface area contributed by atoms with Gasteiger partial charge in [0.1, 0.15) is 0 Å². The molecule has 2 fully saturated rings. The molecule has 41 heavy (non-hydrogen) atoms. The minimum absolute atomic E-state index is 0.0767. The molecule has 2 heterocycles. The summed E-state index contributed by atoms with van der Waals surface area (Å²) < 4.78 is 40.1. The van der Waals surface area contributed by atoms with Crippen LogP contribution in [0.3, 0.4) is 0 Å². The largest absolute Gasteiger partial charge is 0.416 e. The third kappa shape index (κ3) is 6.39. The summed E-state index contributed by atoms with van der Waals surface area (Å²) >= 11 is 0.681. The van der Waals surface area contributed by atoms with Gasteiger partial charge in [0, 0.05) is 37.8 Å². The molecule has 0 unspecified atom stereocenters. The molecule has 1 atom stereocenters. The Morgan fingerprint density at radius 3 is 2.20 bits per heavy atom. The number of amides is 3. The molecule has 0 saturated carbocycles. The Kier molecular flexibility index (Phi) is 8.32. The van der Waals surface area contributed by atoms with Gasteiger partial charge >= 0.3 is 6.18 Å². The van der Waals surface area contributed by atoms with Crippen LogP contribution in [0.5, 0.6) is 0 Å². The first-order chi connectivity index (χ1) is 19.6. The first kappa shape index (κ1) is 28.6. The van der Waals surface area contributed by atoms with Crippen molar-refractivity contribution in [2.45, 2.75) is 25.7 Å². The summed E-state index contributed by atoms with van der Waals surface area (Å²) in [5, 5.41) is -0.634. The third-order valence-corrected chi connectivity index (χ3v) is 8.32. The summed E-state index contributed by atoms with van der Waals surface area (Å²) in [6, 6.07) is 22.1. The molecule has 2 aliphatic heterocycles. The third-order valence-electron chi connectivity index (χ3n) is 7.41. The molecule has 3 amide bonds. The highest BCUT2D eigenvalue weighted by Crippen LogP contribution is 2.36. The second-order valence-corrected chi connectivity index (χ2v) is 11.0. The average Bonchev–Trinajstić information content (AvgIpc) is 3.24. The predicted octanol–water partition coefficient (Wildman–Crippen LogP) is 6.46. The lowest BCUT2D eigenvalue weighted by Gasteiger charge is -2.38. The van der Waals surface area contributed by atoms with Crippen molar-refractivity contribution in [2.75, 3.05) is 26.2 Å². The van der Waals surface area contributed by atoms with E-state index in [9.17, 15) is 27.6 Å². The molecule has 3 aromatic carbocycles. The molecule has 0 aromatic heterocycles. The molecule has 5 rings (SSSR count). The van der Waals surface area contributed by atoms with Gasteiger partial charge in [0.15, 0.2) is 0 Å². The molecule has 212 valence electrons. The number of piperazine rings is 1. The van der Waals surface area contributed by atoms with E-state index in [-0.39, 0.29) is 22.4 Å². The van der Waals surface area contributed by atoms with Crippen LogP contribution in [-0.2, 0) is 17.5 Å². The number of nitrogens with zero attached hydrogens (tertiary/aromatic N) is 3. The van der Waals surface area contributed by atoms with Crippen LogP contribution in [-0.4, -0.2) is 57.9 Å². The van der Waals surface area contributed by atoms with Crippen LogP contribution in [0.4, 0.5) is 18.0 Å². The molecule has 2 saturated heterocycles. The van der Waals surface area contributed by atoms with Crippen LogP contribution in [0, 0.1) is 0 Å². The zero-order valence-corrected chi connectivity index (χ0v) is 23.1. The number of hydrogen-bond donors (Lipinski definition) is 0. The fourth-order valence-electron chi connectivity index (χ4n) is 5.05. The molecule has 0 spiro atoms. The zero-order valence-electron chi connectivity index (χ0n) is 22.3. The van der Waals surface area contributed by atoms with Gasteiger partial charge in [-0.2, -0.15) is 13.2 Å². The van der Waals surface area contributed by atoms with Crippen LogP contribution >= 0.6 is 11.8 Å². The van der Waals surface area contributed by atoms with Gasteiger partial charge in [-0.1, -0.05) is 60.7 Å². The number of alkyl halides is 3. The van der Waals surface area contributed by atoms with Crippen molar-refractivity contribution in [3.8, 4) is 0 Å². The number of hydrogen-bond acceptors (Lipinski definition) is 5. The molecule has 0 radical (unpaired) electrons. The Balaban J connectivity index is 1.21. The molecular formula is C31H28F3N3O3S. The van der Waals surface area contributed by atoms with E-state index in [4.69, 9.17) is 0 Å². The number of thioether (sulfide) groups is 1. The molecule has 6 nitrogen and oxygen atoms in total. The lowest BCUT2D eigenvalue weighted by atomic mass is 10.1. The smallest absolute Gasteiger partial charge is 0.336 e. The van der Waals surface area contributed by atoms with E-state index in [1.807, 2.05) is 23.1 Å². The molecule has 0 bridgehead atoms. The second-order valence-electron chi connectivity index (χ2n) is 9.96. The van der Waals surface area contributed by atoms with Crippen LogP contribution in [0.25, 0.3) is 6.08 Å². The normalized spacial score (nSPS) is 18.3. The molecule has 0 aliphatic carbocycles. The highest BCUT2D eigenvalue weighted by Gasteiger charge is 2.38. The Hall–Kier alpha value is -3.89. The van der Waals surface area contributed by atoms with Gasteiger partial charge < -0.3 is 4.90 Å². The highest BCUT2D eigenvalue weighted by atomic mass is 32.2. The maximum Gasteiger partial charge on any atom is 0.416 e. The topological polar surface area (TPSA) is 60.9 Å². The van der Waals surface area contributed by atoms with Crippen molar-refractivity contribution < 1.29 is 27.6 Å². The van der Waals surface area contributed by atoms with E-state index in [2.05, 4.69) is 24.0 Å². The highest BCUT2D eigenvalue weighted by molar-refractivity contribution is 8.18. The van der Waals surface area contributed by atoms with Gasteiger partial charge in [0.2, 0.25) is 0 Å². The van der Waals surface area contributed by atoms with Gasteiger partial charge in [0.05, 0.1) is 17.0 Å². The van der Waals surface area contributed by atoms with Crippen molar-refractivity contribution >= 4 is 34.9 Å². The fraction of sp³-hybridized carbons (Fsp3) is 0.258. The summed E-state index contributed by atoms with van der Waals surface area (Å²) in [6.45, 7) is 4.46. The van der Waals surface area contributed by atoms with E-state index in [0.29, 0.717) is 36.0 Å². The van der Waals surface area contributed by atoms with Gasteiger partial charge in [-0.3, -0.25) is 24.2 Å². The number of halogens is 3. The van der Waals surface area contributed by atoms with E-state index in [1.54, 1.807) is 24.3 Å². The maximum atomic E-state index is 13.4. The summed E-state index contributed by atoms with van der Waals surface area (Å²) in [5.41, 5.74) is 1.33. The first-order valence-electron chi connectivity index (χ1n) is 13.2. The minimum atomic E-state index is -4.60. The number of imide groups is 1. The van der Waals surface area contributed by atoms with Crippen molar-refractivity contribution in [1.82, 2.24) is 14.7 Å². The fourth-order valence-corrected chi connectivity index (χ4v) is 5.89. The summed E-state index contributed by atoms with van der Waals surface area (Å²) in [5.74, 6) is -0.730. The van der Waals surface area contributed by atoms with Gasteiger partial charge in [-0.25, -0.2) is 0 Å². The van der Waals surface area contributed by atoms with E-state index in [0.717, 1.165) is 24.1 Å². The van der Waals surface area contributed by atoms with Crippen LogP contribution in [0.2, 0.25) is 0 Å². The molecule has 3 aromatic rings. The van der Waals surface area contributed by atoms with Crippen molar-refractivity contribution in [1.29, 1.82) is 0 Å². The summed E-state index contributed by atoms with van der Waals surface area (Å²) in [4.78, 5) is 43.6. The summed E-state index contributed by atoms with van der Waals surface area (Å²) in [7, 11) is 0. The van der Waals surface area contributed by atoms with Crippen molar-refractivity contribution in [3.05, 3.63) is 112 Å². The molecule has 10 heteroatoms. The Morgan fingerprint density at radius 2 is 1.54 bits per heavy atom. The Morgan fingerprint density at radius 1 is 0.902 bits per heavy atom. The summed E-state index contributed by atoms with van der Waals surface area (Å²) in [6.07, 6.45) is -3.08. The monoisotopic (exact) mass is 579 g/mol. The molecule has 2 aliphatic rings. The number of benzene rings is 3. The molecule has 0 N–H and O–H groups in total. The van der Waals surface area contributed by atoms with E-state index < -0.39 is 29.4 Å². The number of carbonyl (C=O) groups excluding carboxylic acids is 3. The Bertz CT molecular complexity index is 1470. The standard InChI is InChI=1S/C31H28F3N3O3S/c1-21(23-7-3-2-4-8-23)35-15-17-36(18-16-35)28(38)24-13-11-22(12-14-24)19-27-29(39)37(30(40)41-27)20-25-9-5-6-10-26(25)31(32,33)34/h2-14,19,21H,15-18,20H2,1H3/b27-19-/t21-/m0/s1.